The number of carbonyl (C=O) groups excluding carboxylic acids is 1. The van der Waals surface area contributed by atoms with Crippen molar-refractivity contribution in [1.82, 2.24) is 24.2 Å². The Morgan fingerprint density at radius 1 is 1.13 bits per heavy atom. The SMILES string of the molecule is C=CC(=O)N1C[C@H](C)n2nc(-c3nc(-c4ccc5c(ccn5C)c4)c4sccc4c3-c3c(F)cc(F)cc3OCCO)cc2[C@H]1C. The molecular formula is C35H31F2N5O3S. The number of aliphatic hydroxyl groups is 1. The van der Waals surface area contributed by atoms with Crippen LogP contribution >= 0.6 is 11.3 Å². The zero-order valence-corrected chi connectivity index (χ0v) is 26.3. The van der Waals surface area contributed by atoms with E-state index in [2.05, 4.69) is 12.6 Å². The molecule has 46 heavy (non-hydrogen) atoms. The molecule has 0 saturated heterocycles. The number of benzene rings is 2. The minimum absolute atomic E-state index is 0.0290. The molecule has 0 saturated carbocycles. The third kappa shape index (κ3) is 4.78. The van der Waals surface area contributed by atoms with Gasteiger partial charge < -0.3 is 19.3 Å². The largest absolute Gasteiger partial charge is 0.490 e. The Labute approximate surface area is 267 Å². The molecule has 4 aromatic heterocycles. The molecule has 0 bridgehead atoms. The number of hydrogen-bond donors (Lipinski definition) is 1. The van der Waals surface area contributed by atoms with Crippen LogP contribution in [0.25, 0.3) is 54.8 Å². The molecule has 234 valence electrons. The van der Waals surface area contributed by atoms with Crippen molar-refractivity contribution < 1.29 is 23.4 Å². The first-order valence-electron chi connectivity index (χ1n) is 14.9. The second-order valence-electron chi connectivity index (χ2n) is 11.5. The fraction of sp³-hybridized carbons (Fsp3) is 0.229. The van der Waals surface area contributed by atoms with Crippen LogP contribution in [0.3, 0.4) is 0 Å². The number of aromatic nitrogens is 4. The molecule has 0 fully saturated rings. The van der Waals surface area contributed by atoms with Gasteiger partial charge in [-0.2, -0.15) is 5.10 Å². The molecule has 1 aliphatic heterocycles. The van der Waals surface area contributed by atoms with Gasteiger partial charge in [-0.05, 0) is 55.6 Å². The molecule has 0 radical (unpaired) electrons. The maximum absolute atomic E-state index is 16.0. The van der Waals surface area contributed by atoms with Gasteiger partial charge in [-0.15, -0.1) is 11.3 Å². The third-order valence-electron chi connectivity index (χ3n) is 8.63. The van der Waals surface area contributed by atoms with E-state index in [1.807, 2.05) is 72.1 Å². The van der Waals surface area contributed by atoms with E-state index in [1.165, 1.54) is 17.4 Å². The monoisotopic (exact) mass is 639 g/mol. The number of halogens is 2. The summed E-state index contributed by atoms with van der Waals surface area (Å²) >= 11 is 1.47. The van der Waals surface area contributed by atoms with Crippen LogP contribution in [0, 0.1) is 11.6 Å². The number of rotatable bonds is 7. The van der Waals surface area contributed by atoms with Crippen LogP contribution in [0.15, 0.2) is 72.8 Å². The van der Waals surface area contributed by atoms with Gasteiger partial charge in [-0.25, -0.2) is 13.8 Å². The van der Waals surface area contributed by atoms with Crippen LogP contribution in [0.4, 0.5) is 8.78 Å². The molecule has 7 rings (SSSR count). The summed E-state index contributed by atoms with van der Waals surface area (Å²) in [5, 5.41) is 18.1. The maximum Gasteiger partial charge on any atom is 0.246 e. The first-order chi connectivity index (χ1) is 22.2. The summed E-state index contributed by atoms with van der Waals surface area (Å²) in [6.45, 7) is 7.53. The number of amides is 1. The average Bonchev–Trinajstić information content (AvgIpc) is 3.80. The van der Waals surface area contributed by atoms with Crippen molar-refractivity contribution >= 4 is 38.2 Å². The van der Waals surface area contributed by atoms with Crippen molar-refractivity contribution in [3.05, 3.63) is 90.1 Å². The Kier molecular flexibility index (Phi) is 7.45. The van der Waals surface area contributed by atoms with Crippen LogP contribution in [0.1, 0.15) is 31.6 Å². The highest BCUT2D eigenvalue weighted by molar-refractivity contribution is 7.17. The van der Waals surface area contributed by atoms with Gasteiger partial charge in [0.25, 0.3) is 0 Å². The van der Waals surface area contributed by atoms with Crippen LogP contribution in [-0.2, 0) is 11.8 Å². The predicted molar refractivity (Wildman–Crippen MR) is 176 cm³/mol. The van der Waals surface area contributed by atoms with Crippen molar-refractivity contribution in [3.63, 3.8) is 0 Å². The van der Waals surface area contributed by atoms with Gasteiger partial charge in [0, 0.05) is 59.3 Å². The molecule has 6 aromatic rings. The van der Waals surface area contributed by atoms with Crippen molar-refractivity contribution in [2.45, 2.75) is 25.9 Å². The zero-order valence-electron chi connectivity index (χ0n) is 25.5. The van der Waals surface area contributed by atoms with E-state index >= 15 is 4.39 Å². The van der Waals surface area contributed by atoms with Crippen molar-refractivity contribution in [2.75, 3.05) is 19.8 Å². The number of carbonyl (C=O) groups is 1. The summed E-state index contributed by atoms with van der Waals surface area (Å²) < 4.78 is 41.0. The zero-order chi connectivity index (χ0) is 32.3. The second-order valence-corrected chi connectivity index (χ2v) is 12.4. The lowest BCUT2D eigenvalue weighted by Crippen LogP contribution is -2.42. The fourth-order valence-corrected chi connectivity index (χ4v) is 7.34. The maximum atomic E-state index is 16.0. The number of thiophene rings is 1. The molecule has 0 spiro atoms. The summed E-state index contributed by atoms with van der Waals surface area (Å²) in [4.78, 5) is 19.7. The minimum Gasteiger partial charge on any atom is -0.490 e. The number of fused-ring (bicyclic) bond motifs is 3. The van der Waals surface area contributed by atoms with E-state index in [0.29, 0.717) is 34.6 Å². The van der Waals surface area contributed by atoms with Gasteiger partial charge >= 0.3 is 0 Å². The topological polar surface area (TPSA) is 85.4 Å². The smallest absolute Gasteiger partial charge is 0.246 e. The van der Waals surface area contributed by atoms with Gasteiger partial charge in [0.1, 0.15) is 35.4 Å². The van der Waals surface area contributed by atoms with E-state index in [9.17, 15) is 14.3 Å². The number of aliphatic hydroxyl groups excluding tert-OH is 1. The quantitative estimate of drug-likeness (QED) is 0.186. The van der Waals surface area contributed by atoms with Gasteiger partial charge in [-0.1, -0.05) is 12.6 Å². The molecule has 2 aromatic carbocycles. The highest BCUT2D eigenvalue weighted by atomic mass is 32.1. The Balaban J connectivity index is 1.53. The minimum atomic E-state index is -0.824. The fourth-order valence-electron chi connectivity index (χ4n) is 6.43. The predicted octanol–water partition coefficient (Wildman–Crippen LogP) is 7.29. The van der Waals surface area contributed by atoms with Gasteiger partial charge in [-0.3, -0.25) is 9.48 Å². The van der Waals surface area contributed by atoms with E-state index in [0.717, 1.165) is 39.0 Å². The Morgan fingerprint density at radius 2 is 1.96 bits per heavy atom. The van der Waals surface area contributed by atoms with Crippen LogP contribution in [0.2, 0.25) is 0 Å². The molecule has 2 atom stereocenters. The lowest BCUT2D eigenvalue weighted by atomic mass is 9.95. The van der Waals surface area contributed by atoms with Crippen molar-refractivity contribution in [2.24, 2.45) is 7.05 Å². The number of ether oxygens (including phenoxy) is 1. The first kappa shape index (κ1) is 29.8. The first-order valence-corrected chi connectivity index (χ1v) is 15.8. The molecule has 0 aliphatic carbocycles. The van der Waals surface area contributed by atoms with Crippen LogP contribution < -0.4 is 4.74 Å². The summed E-state index contributed by atoms with van der Waals surface area (Å²) in [5.74, 6) is -1.85. The highest BCUT2D eigenvalue weighted by Crippen LogP contribution is 2.47. The molecule has 5 heterocycles. The number of hydrogen-bond acceptors (Lipinski definition) is 6. The van der Waals surface area contributed by atoms with Gasteiger partial charge in [0.05, 0.1) is 40.3 Å². The summed E-state index contributed by atoms with van der Waals surface area (Å²) in [6.07, 6.45) is 3.31. The van der Waals surface area contributed by atoms with Crippen molar-refractivity contribution in [3.8, 4) is 39.5 Å². The normalized spacial score (nSPS) is 16.3. The van der Waals surface area contributed by atoms with Crippen LogP contribution in [0.5, 0.6) is 5.75 Å². The Hall–Kier alpha value is -4.87. The molecule has 1 N–H and O–H groups in total. The third-order valence-corrected chi connectivity index (χ3v) is 9.55. The number of nitrogens with zero attached hydrogens (tertiary/aromatic N) is 5. The van der Waals surface area contributed by atoms with Gasteiger partial charge in [0.15, 0.2) is 0 Å². The highest BCUT2D eigenvalue weighted by Gasteiger charge is 2.34. The van der Waals surface area contributed by atoms with Crippen molar-refractivity contribution in [1.29, 1.82) is 0 Å². The molecule has 8 nitrogen and oxygen atoms in total. The summed E-state index contributed by atoms with van der Waals surface area (Å²) in [6, 6.07) is 13.5. The van der Waals surface area contributed by atoms with Gasteiger partial charge in [0.2, 0.25) is 5.91 Å². The average molecular weight is 640 g/mol. The summed E-state index contributed by atoms with van der Waals surface area (Å²) in [7, 11) is 1.99. The lowest BCUT2D eigenvalue weighted by molar-refractivity contribution is -0.129. The standard InChI is InChI=1S/C35H31F2N5O3S/c1-5-30(44)41-18-19(2)42-28(20(41)3)17-26(39-42)34-31(32-25(37)15-23(36)16-29(32)45-12-11-43)24-9-13-46-35(24)33(38-34)22-6-7-27-21(14-22)8-10-40(27)4/h5-10,13-17,19-20,43H,1,11-12,18H2,2-4H3/t19-,20+/m0/s1. The molecular weight excluding hydrogens is 608 g/mol. The number of aryl methyl sites for hydroxylation is 1. The van der Waals surface area contributed by atoms with E-state index in [4.69, 9.17) is 14.8 Å². The number of pyridine rings is 1. The Morgan fingerprint density at radius 3 is 2.74 bits per heavy atom. The van der Waals surface area contributed by atoms with E-state index in [-0.39, 0.29) is 42.5 Å². The van der Waals surface area contributed by atoms with E-state index < -0.39 is 11.6 Å². The molecule has 1 aliphatic rings. The second kappa shape index (κ2) is 11.5. The molecule has 0 unspecified atom stereocenters. The summed E-state index contributed by atoms with van der Waals surface area (Å²) in [5.41, 5.74) is 4.74. The van der Waals surface area contributed by atoms with E-state index in [1.54, 1.807) is 4.90 Å². The van der Waals surface area contributed by atoms with Crippen LogP contribution in [-0.4, -0.2) is 55.0 Å². The molecule has 11 heteroatoms. The lowest BCUT2D eigenvalue weighted by Gasteiger charge is -2.36. The molecule has 1 amide bonds. The Bertz CT molecular complexity index is 2170.